The standard InChI is InChI=1S/C12H15O8P/c1-9(13)18-8-19-12(14)7-6-10-4-2-3-5-11(10)20-21(15,16)17/h2-5H,6-8H2,1H3,(H2,15,16,17). The number of phosphoric ester groups is 1. The number of hydrogen-bond donors (Lipinski definition) is 2. The van der Waals surface area contributed by atoms with Gasteiger partial charge in [-0.25, -0.2) is 4.57 Å². The second-order valence-corrected chi connectivity index (χ2v) is 5.12. The fourth-order valence-electron chi connectivity index (χ4n) is 1.41. The average Bonchev–Trinajstić information content (AvgIpc) is 2.35. The van der Waals surface area contributed by atoms with E-state index in [1.807, 2.05) is 0 Å². The Morgan fingerprint density at radius 1 is 1.19 bits per heavy atom. The topological polar surface area (TPSA) is 119 Å². The maximum atomic E-state index is 11.4. The van der Waals surface area contributed by atoms with E-state index in [9.17, 15) is 14.2 Å². The van der Waals surface area contributed by atoms with Gasteiger partial charge in [-0.2, -0.15) is 0 Å². The third kappa shape index (κ3) is 7.45. The van der Waals surface area contributed by atoms with Crippen molar-refractivity contribution in [3.8, 4) is 5.75 Å². The molecule has 0 atom stereocenters. The third-order valence-corrected chi connectivity index (χ3v) is 2.70. The van der Waals surface area contributed by atoms with Gasteiger partial charge in [0.25, 0.3) is 0 Å². The Balaban J connectivity index is 2.53. The van der Waals surface area contributed by atoms with E-state index < -0.39 is 26.6 Å². The van der Waals surface area contributed by atoms with Gasteiger partial charge in [-0.3, -0.25) is 19.4 Å². The highest BCUT2D eigenvalue weighted by atomic mass is 31.2. The first kappa shape index (κ1) is 17.2. The summed E-state index contributed by atoms with van der Waals surface area (Å²) in [5.74, 6) is -1.18. The number of carbonyl (C=O) groups excluding carboxylic acids is 2. The van der Waals surface area contributed by atoms with Gasteiger partial charge >= 0.3 is 19.8 Å². The number of phosphoric acid groups is 1. The summed E-state index contributed by atoms with van der Waals surface area (Å²) in [6, 6.07) is 6.16. The summed E-state index contributed by atoms with van der Waals surface area (Å²) in [7, 11) is -4.66. The van der Waals surface area contributed by atoms with E-state index in [-0.39, 0.29) is 18.6 Å². The first-order valence-corrected chi connectivity index (χ1v) is 7.43. The van der Waals surface area contributed by atoms with Crippen molar-refractivity contribution >= 4 is 19.8 Å². The predicted molar refractivity (Wildman–Crippen MR) is 70.2 cm³/mol. The van der Waals surface area contributed by atoms with Crippen LogP contribution in [0.15, 0.2) is 24.3 Å². The molecule has 0 amide bonds. The lowest BCUT2D eigenvalue weighted by Gasteiger charge is -2.11. The molecule has 0 aromatic heterocycles. The summed E-state index contributed by atoms with van der Waals surface area (Å²) >= 11 is 0. The van der Waals surface area contributed by atoms with Crippen molar-refractivity contribution in [1.82, 2.24) is 0 Å². The number of carbonyl (C=O) groups is 2. The van der Waals surface area contributed by atoms with Gasteiger partial charge in [0.1, 0.15) is 5.75 Å². The first-order chi connectivity index (χ1) is 9.78. The average molecular weight is 318 g/mol. The second-order valence-electron chi connectivity index (χ2n) is 3.96. The number of esters is 2. The molecule has 0 spiro atoms. The smallest absolute Gasteiger partial charge is 0.428 e. The summed E-state index contributed by atoms with van der Waals surface area (Å²) in [4.78, 5) is 39.4. The summed E-state index contributed by atoms with van der Waals surface area (Å²) in [5.41, 5.74) is 0.449. The molecular weight excluding hydrogens is 303 g/mol. The van der Waals surface area contributed by atoms with Crippen LogP contribution in [-0.4, -0.2) is 28.5 Å². The SMILES string of the molecule is CC(=O)OCOC(=O)CCc1ccccc1OP(=O)(O)O. The van der Waals surface area contributed by atoms with Crippen molar-refractivity contribution in [2.45, 2.75) is 19.8 Å². The van der Waals surface area contributed by atoms with E-state index in [1.54, 1.807) is 18.2 Å². The Hall–Kier alpha value is -1.89. The van der Waals surface area contributed by atoms with Gasteiger partial charge in [0, 0.05) is 13.3 Å². The quantitative estimate of drug-likeness (QED) is 0.436. The maximum absolute atomic E-state index is 11.4. The first-order valence-electron chi connectivity index (χ1n) is 5.90. The second kappa shape index (κ2) is 7.78. The van der Waals surface area contributed by atoms with Gasteiger partial charge < -0.3 is 14.0 Å². The molecule has 0 radical (unpaired) electrons. The molecule has 116 valence electrons. The van der Waals surface area contributed by atoms with E-state index >= 15 is 0 Å². The highest BCUT2D eigenvalue weighted by Crippen LogP contribution is 2.39. The molecule has 8 nitrogen and oxygen atoms in total. The minimum Gasteiger partial charge on any atom is -0.428 e. The van der Waals surface area contributed by atoms with Crippen LogP contribution in [0.4, 0.5) is 0 Å². The summed E-state index contributed by atoms with van der Waals surface area (Å²) in [6.07, 6.45) is 0.109. The largest absolute Gasteiger partial charge is 0.524 e. The molecule has 0 aliphatic heterocycles. The molecule has 0 unspecified atom stereocenters. The third-order valence-electron chi connectivity index (χ3n) is 2.27. The van der Waals surface area contributed by atoms with E-state index in [2.05, 4.69) is 14.0 Å². The van der Waals surface area contributed by atoms with E-state index in [1.165, 1.54) is 13.0 Å². The normalized spacial score (nSPS) is 10.8. The van der Waals surface area contributed by atoms with Crippen LogP contribution in [0.25, 0.3) is 0 Å². The van der Waals surface area contributed by atoms with Gasteiger partial charge in [0.2, 0.25) is 6.79 Å². The fourth-order valence-corrected chi connectivity index (χ4v) is 1.85. The molecule has 0 aliphatic carbocycles. The number of hydrogen-bond acceptors (Lipinski definition) is 6. The Morgan fingerprint density at radius 3 is 2.48 bits per heavy atom. The Morgan fingerprint density at radius 2 is 1.86 bits per heavy atom. The number of para-hydroxylation sites is 1. The number of ether oxygens (including phenoxy) is 2. The molecule has 0 fully saturated rings. The Bertz CT molecular complexity index is 550. The molecule has 9 heteroatoms. The zero-order valence-corrected chi connectivity index (χ0v) is 12.1. The van der Waals surface area contributed by atoms with Crippen LogP contribution < -0.4 is 4.52 Å². The molecule has 0 bridgehead atoms. The van der Waals surface area contributed by atoms with Crippen LogP contribution in [0, 0.1) is 0 Å². The fraction of sp³-hybridized carbons (Fsp3) is 0.333. The van der Waals surface area contributed by atoms with Gasteiger partial charge in [-0.05, 0) is 18.1 Å². The highest BCUT2D eigenvalue weighted by Gasteiger charge is 2.18. The molecule has 2 N–H and O–H groups in total. The summed E-state index contributed by atoms with van der Waals surface area (Å²) in [6.45, 7) is 0.721. The van der Waals surface area contributed by atoms with Crippen LogP contribution in [0.5, 0.6) is 5.75 Å². The van der Waals surface area contributed by atoms with Gasteiger partial charge in [0.05, 0.1) is 0 Å². The summed E-state index contributed by atoms with van der Waals surface area (Å²) in [5, 5.41) is 0. The molecule has 0 saturated heterocycles. The van der Waals surface area contributed by atoms with Gasteiger partial charge in [0.15, 0.2) is 0 Å². The molecule has 21 heavy (non-hydrogen) atoms. The van der Waals surface area contributed by atoms with Crippen molar-refractivity contribution in [1.29, 1.82) is 0 Å². The van der Waals surface area contributed by atoms with Crippen molar-refractivity contribution in [3.63, 3.8) is 0 Å². The number of rotatable bonds is 7. The van der Waals surface area contributed by atoms with Crippen molar-refractivity contribution in [2.75, 3.05) is 6.79 Å². The van der Waals surface area contributed by atoms with Crippen LogP contribution in [0.2, 0.25) is 0 Å². The maximum Gasteiger partial charge on any atom is 0.524 e. The minimum absolute atomic E-state index is 0.00128. The summed E-state index contributed by atoms with van der Waals surface area (Å²) < 4.78 is 24.4. The molecular formula is C12H15O8P. The number of benzene rings is 1. The van der Waals surface area contributed by atoms with Crippen LogP contribution in [0.1, 0.15) is 18.9 Å². The van der Waals surface area contributed by atoms with E-state index in [4.69, 9.17) is 9.79 Å². The molecule has 0 heterocycles. The lowest BCUT2D eigenvalue weighted by molar-refractivity contribution is -0.165. The lowest BCUT2D eigenvalue weighted by atomic mass is 10.1. The highest BCUT2D eigenvalue weighted by molar-refractivity contribution is 7.46. The monoisotopic (exact) mass is 318 g/mol. The molecule has 1 aromatic rings. The van der Waals surface area contributed by atoms with Crippen LogP contribution in [-0.2, 0) is 30.0 Å². The van der Waals surface area contributed by atoms with Crippen molar-refractivity contribution in [2.24, 2.45) is 0 Å². The zero-order valence-electron chi connectivity index (χ0n) is 11.2. The van der Waals surface area contributed by atoms with E-state index in [0.29, 0.717) is 5.56 Å². The van der Waals surface area contributed by atoms with E-state index in [0.717, 1.165) is 0 Å². The van der Waals surface area contributed by atoms with Crippen LogP contribution in [0.3, 0.4) is 0 Å². The molecule has 1 rings (SSSR count). The predicted octanol–water partition coefficient (Wildman–Crippen LogP) is 1.15. The lowest BCUT2D eigenvalue weighted by Crippen LogP contribution is -2.11. The van der Waals surface area contributed by atoms with Gasteiger partial charge in [-0.15, -0.1) is 0 Å². The minimum atomic E-state index is -4.66. The number of aryl methyl sites for hydroxylation is 1. The molecule has 0 saturated carbocycles. The van der Waals surface area contributed by atoms with Gasteiger partial charge in [-0.1, -0.05) is 18.2 Å². The zero-order chi connectivity index (χ0) is 15.9. The van der Waals surface area contributed by atoms with Crippen molar-refractivity contribution in [3.05, 3.63) is 29.8 Å². The molecule has 1 aromatic carbocycles. The van der Waals surface area contributed by atoms with Crippen molar-refractivity contribution < 1.29 is 37.9 Å². The Kier molecular flexibility index (Phi) is 6.36. The molecule has 0 aliphatic rings. The Labute approximate surface area is 120 Å². The van der Waals surface area contributed by atoms with Crippen LogP contribution >= 0.6 is 7.82 Å².